The molecule has 5 nitrogen and oxygen atoms in total. The summed E-state index contributed by atoms with van der Waals surface area (Å²) in [5, 5.41) is 8.92. The fourth-order valence-corrected chi connectivity index (χ4v) is 1.98. The maximum atomic E-state index is 12.0. The summed E-state index contributed by atoms with van der Waals surface area (Å²) in [4.78, 5) is 12.0. The fourth-order valence-electron chi connectivity index (χ4n) is 1.98. The molecular weight excluding hydrogens is 306 g/mol. The van der Waals surface area contributed by atoms with Gasteiger partial charge in [-0.05, 0) is 42.8 Å². The standard InChI is InChI=1S/C19H17NO4/c1-3-23-18-12-15(13-20)7-9-17(18)24-19(21)10-8-14-5-4-6-16(11-14)22-2/h4-12H,3H2,1-2H3/b10-8+. The Balaban J connectivity index is 2.11. The molecule has 2 aromatic rings. The van der Waals surface area contributed by atoms with Gasteiger partial charge in [0.05, 0.1) is 25.3 Å². The highest BCUT2D eigenvalue weighted by Crippen LogP contribution is 2.28. The Morgan fingerprint density at radius 1 is 1.21 bits per heavy atom. The van der Waals surface area contributed by atoms with Crippen LogP contribution in [0.1, 0.15) is 18.1 Å². The van der Waals surface area contributed by atoms with E-state index in [1.165, 1.54) is 12.1 Å². The van der Waals surface area contributed by atoms with Gasteiger partial charge < -0.3 is 14.2 Å². The molecule has 5 heteroatoms. The lowest BCUT2D eigenvalue weighted by Gasteiger charge is -2.09. The third-order valence-corrected chi connectivity index (χ3v) is 3.09. The summed E-state index contributed by atoms with van der Waals surface area (Å²) >= 11 is 0. The zero-order chi connectivity index (χ0) is 17.4. The van der Waals surface area contributed by atoms with Crippen LogP contribution in [0.5, 0.6) is 17.2 Å². The minimum absolute atomic E-state index is 0.274. The van der Waals surface area contributed by atoms with Crippen LogP contribution in [-0.2, 0) is 4.79 Å². The largest absolute Gasteiger partial charge is 0.497 e. The summed E-state index contributed by atoms with van der Waals surface area (Å²) in [5.74, 6) is 0.801. The first-order valence-corrected chi connectivity index (χ1v) is 7.37. The van der Waals surface area contributed by atoms with Crippen LogP contribution in [0.15, 0.2) is 48.5 Å². The number of nitrogens with zero attached hydrogens (tertiary/aromatic N) is 1. The van der Waals surface area contributed by atoms with Crippen molar-refractivity contribution in [2.75, 3.05) is 13.7 Å². The molecule has 2 aromatic carbocycles. The average molecular weight is 323 g/mol. The summed E-state index contributed by atoms with van der Waals surface area (Å²) in [7, 11) is 1.58. The highest BCUT2D eigenvalue weighted by atomic mass is 16.6. The SMILES string of the molecule is CCOc1cc(C#N)ccc1OC(=O)/C=C/c1cccc(OC)c1. The van der Waals surface area contributed by atoms with Crippen LogP contribution in [0.2, 0.25) is 0 Å². The van der Waals surface area contributed by atoms with Crippen molar-refractivity contribution >= 4 is 12.0 Å². The molecule has 0 saturated heterocycles. The molecule has 24 heavy (non-hydrogen) atoms. The van der Waals surface area contributed by atoms with Crippen LogP contribution >= 0.6 is 0 Å². The molecule has 0 spiro atoms. The molecule has 0 heterocycles. The Kier molecular flexibility index (Phi) is 5.98. The van der Waals surface area contributed by atoms with E-state index in [0.29, 0.717) is 23.7 Å². The van der Waals surface area contributed by atoms with Crippen LogP contribution in [0.25, 0.3) is 6.08 Å². The zero-order valence-electron chi connectivity index (χ0n) is 13.5. The molecule has 0 aromatic heterocycles. The number of hydrogen-bond acceptors (Lipinski definition) is 5. The van der Waals surface area contributed by atoms with Gasteiger partial charge >= 0.3 is 5.97 Å². The lowest BCUT2D eigenvalue weighted by molar-refractivity contribution is -0.129. The van der Waals surface area contributed by atoms with Gasteiger partial charge in [-0.15, -0.1) is 0 Å². The molecule has 0 saturated carbocycles. The van der Waals surface area contributed by atoms with Crippen molar-refractivity contribution in [2.45, 2.75) is 6.92 Å². The number of hydrogen-bond donors (Lipinski definition) is 0. The van der Waals surface area contributed by atoms with Crippen molar-refractivity contribution in [3.8, 4) is 23.3 Å². The Morgan fingerprint density at radius 3 is 2.75 bits per heavy atom. The van der Waals surface area contributed by atoms with Gasteiger partial charge in [-0.3, -0.25) is 0 Å². The number of nitriles is 1. The molecule has 0 aliphatic carbocycles. The average Bonchev–Trinajstić information content (AvgIpc) is 2.62. The van der Waals surface area contributed by atoms with E-state index in [1.54, 1.807) is 31.4 Å². The zero-order valence-corrected chi connectivity index (χ0v) is 13.5. The summed E-state index contributed by atoms with van der Waals surface area (Å²) < 4.78 is 15.8. The lowest BCUT2D eigenvalue weighted by Crippen LogP contribution is -2.06. The van der Waals surface area contributed by atoms with Gasteiger partial charge in [-0.1, -0.05) is 12.1 Å². The first-order valence-electron chi connectivity index (χ1n) is 7.37. The maximum Gasteiger partial charge on any atom is 0.336 e. The molecule has 0 N–H and O–H groups in total. The molecule has 0 aliphatic heterocycles. The molecule has 0 aliphatic rings. The predicted molar refractivity (Wildman–Crippen MR) is 90.0 cm³/mol. The highest BCUT2D eigenvalue weighted by Gasteiger charge is 2.09. The Bertz CT molecular complexity index is 790. The molecular formula is C19H17NO4. The minimum atomic E-state index is -0.538. The van der Waals surface area contributed by atoms with Gasteiger partial charge in [0.1, 0.15) is 5.75 Å². The number of benzene rings is 2. The summed E-state index contributed by atoms with van der Waals surface area (Å²) in [6.07, 6.45) is 2.96. The molecule has 2 rings (SSSR count). The molecule has 0 radical (unpaired) electrons. The normalized spacial score (nSPS) is 10.2. The van der Waals surface area contributed by atoms with Crippen molar-refractivity contribution in [1.82, 2.24) is 0 Å². The van der Waals surface area contributed by atoms with Crippen LogP contribution in [0.4, 0.5) is 0 Å². The van der Waals surface area contributed by atoms with E-state index in [9.17, 15) is 4.79 Å². The summed E-state index contributed by atoms with van der Waals surface area (Å²) in [6.45, 7) is 2.21. The van der Waals surface area contributed by atoms with Gasteiger partial charge in [0, 0.05) is 12.1 Å². The van der Waals surface area contributed by atoms with E-state index in [1.807, 2.05) is 31.2 Å². The molecule has 0 atom stereocenters. The molecule has 0 unspecified atom stereocenters. The Hall–Kier alpha value is -3.26. The highest BCUT2D eigenvalue weighted by molar-refractivity contribution is 5.89. The molecule has 0 amide bonds. The van der Waals surface area contributed by atoms with E-state index < -0.39 is 5.97 Å². The van der Waals surface area contributed by atoms with Gasteiger partial charge in [-0.2, -0.15) is 5.26 Å². The van der Waals surface area contributed by atoms with Crippen LogP contribution in [0.3, 0.4) is 0 Å². The monoisotopic (exact) mass is 323 g/mol. The van der Waals surface area contributed by atoms with E-state index in [4.69, 9.17) is 19.5 Å². The number of carbonyl (C=O) groups is 1. The van der Waals surface area contributed by atoms with Crippen molar-refractivity contribution in [3.05, 3.63) is 59.7 Å². The van der Waals surface area contributed by atoms with Gasteiger partial charge in [0.15, 0.2) is 11.5 Å². The summed E-state index contributed by atoms with van der Waals surface area (Å²) in [6, 6.07) is 14.0. The molecule has 0 bridgehead atoms. The topological polar surface area (TPSA) is 68.5 Å². The Labute approximate surface area is 140 Å². The van der Waals surface area contributed by atoms with Crippen LogP contribution < -0.4 is 14.2 Å². The maximum absolute atomic E-state index is 12.0. The molecule has 0 fully saturated rings. The van der Waals surface area contributed by atoms with Crippen LogP contribution in [0, 0.1) is 11.3 Å². The van der Waals surface area contributed by atoms with E-state index in [2.05, 4.69) is 0 Å². The number of carbonyl (C=O) groups excluding carboxylic acids is 1. The number of rotatable bonds is 6. The first-order chi connectivity index (χ1) is 11.7. The lowest BCUT2D eigenvalue weighted by atomic mass is 10.2. The Morgan fingerprint density at radius 2 is 2.04 bits per heavy atom. The molecule has 122 valence electrons. The van der Waals surface area contributed by atoms with Crippen molar-refractivity contribution in [1.29, 1.82) is 5.26 Å². The number of ether oxygens (including phenoxy) is 3. The van der Waals surface area contributed by atoms with Crippen LogP contribution in [-0.4, -0.2) is 19.7 Å². The van der Waals surface area contributed by atoms with E-state index in [0.717, 1.165) is 5.56 Å². The van der Waals surface area contributed by atoms with Gasteiger partial charge in [-0.25, -0.2) is 4.79 Å². The first kappa shape index (κ1) is 17.1. The quantitative estimate of drug-likeness (QED) is 0.462. The van der Waals surface area contributed by atoms with Crippen molar-refractivity contribution in [3.63, 3.8) is 0 Å². The fraction of sp³-hybridized carbons (Fsp3) is 0.158. The summed E-state index contributed by atoms with van der Waals surface area (Å²) in [5.41, 5.74) is 1.25. The second kappa shape index (κ2) is 8.39. The third-order valence-electron chi connectivity index (χ3n) is 3.09. The van der Waals surface area contributed by atoms with Gasteiger partial charge in [0.2, 0.25) is 0 Å². The smallest absolute Gasteiger partial charge is 0.336 e. The van der Waals surface area contributed by atoms with Crippen molar-refractivity contribution in [2.24, 2.45) is 0 Å². The minimum Gasteiger partial charge on any atom is -0.497 e. The second-order valence-corrected chi connectivity index (χ2v) is 4.74. The van der Waals surface area contributed by atoms with Gasteiger partial charge in [0.25, 0.3) is 0 Å². The number of methoxy groups -OCH3 is 1. The van der Waals surface area contributed by atoms with E-state index >= 15 is 0 Å². The predicted octanol–water partition coefficient (Wildman–Crippen LogP) is 3.58. The number of esters is 1. The van der Waals surface area contributed by atoms with E-state index in [-0.39, 0.29) is 5.75 Å². The van der Waals surface area contributed by atoms with Crippen molar-refractivity contribution < 1.29 is 19.0 Å². The second-order valence-electron chi connectivity index (χ2n) is 4.74. The third kappa shape index (κ3) is 4.62.